The molecule has 19 heavy (non-hydrogen) atoms. The third-order valence-corrected chi connectivity index (χ3v) is 2.80. The van der Waals surface area contributed by atoms with Gasteiger partial charge in [-0.2, -0.15) is 0 Å². The Morgan fingerprint density at radius 3 is 2.84 bits per heavy atom. The fraction of sp³-hybridized carbons (Fsp3) is 0.417. The predicted molar refractivity (Wildman–Crippen MR) is 67.6 cm³/mol. The molecule has 7 heteroatoms. The fourth-order valence-electron chi connectivity index (χ4n) is 1.48. The lowest BCUT2D eigenvalue weighted by Crippen LogP contribution is -2.40. The van der Waals surface area contributed by atoms with Gasteiger partial charge in [0.05, 0.1) is 11.8 Å². The third kappa shape index (κ3) is 4.48. The lowest BCUT2D eigenvalue weighted by atomic mass is 10.1. The first kappa shape index (κ1) is 15.4. The zero-order chi connectivity index (χ0) is 14.4. The van der Waals surface area contributed by atoms with E-state index in [0.29, 0.717) is 12.8 Å². The number of rotatable bonds is 6. The number of nitrogens with one attached hydrogen (secondary N) is 1. The van der Waals surface area contributed by atoms with Gasteiger partial charge in [0.1, 0.15) is 17.0 Å². The number of amides is 1. The minimum Gasteiger partial charge on any atom is -0.480 e. The van der Waals surface area contributed by atoms with E-state index >= 15 is 0 Å². The lowest BCUT2D eigenvalue weighted by Gasteiger charge is -2.14. The molecule has 0 aliphatic carbocycles. The van der Waals surface area contributed by atoms with E-state index in [1.54, 1.807) is 0 Å². The highest BCUT2D eigenvalue weighted by Gasteiger charge is 2.22. The zero-order valence-electron chi connectivity index (χ0n) is 10.3. The van der Waals surface area contributed by atoms with Crippen LogP contribution in [0.5, 0.6) is 0 Å². The molecule has 1 amide bonds. The van der Waals surface area contributed by atoms with Crippen molar-refractivity contribution in [1.29, 1.82) is 0 Å². The minimum atomic E-state index is -1.14. The van der Waals surface area contributed by atoms with E-state index in [2.05, 4.69) is 10.3 Å². The average molecular weight is 289 g/mol. The number of pyridine rings is 1. The number of hydrogen-bond donors (Lipinski definition) is 2. The largest absolute Gasteiger partial charge is 0.480 e. The standard InChI is InChI=1S/C12H14ClFN2O3/c1-2-3-4-9(12(18)19)16-11(17)8-5-7(14)6-15-10(8)13/h5-6,9H,2-4H2,1H3,(H,16,17)(H,18,19). The van der Waals surface area contributed by atoms with E-state index in [9.17, 15) is 14.0 Å². The normalized spacial score (nSPS) is 11.9. The summed E-state index contributed by atoms with van der Waals surface area (Å²) < 4.78 is 13.0. The molecule has 0 aliphatic heterocycles. The predicted octanol–water partition coefficient (Wildman–Crippen LogP) is 2.25. The molecule has 1 heterocycles. The number of carboxylic acid groups (broad SMARTS) is 1. The van der Waals surface area contributed by atoms with Crippen LogP contribution in [0.15, 0.2) is 12.3 Å². The van der Waals surface area contributed by atoms with Crippen LogP contribution >= 0.6 is 11.6 Å². The van der Waals surface area contributed by atoms with Gasteiger partial charge in [-0.25, -0.2) is 14.2 Å². The number of carboxylic acids is 1. The monoisotopic (exact) mass is 288 g/mol. The van der Waals surface area contributed by atoms with Crippen LogP contribution in [0.1, 0.15) is 36.5 Å². The van der Waals surface area contributed by atoms with Crippen molar-refractivity contribution in [2.45, 2.75) is 32.2 Å². The van der Waals surface area contributed by atoms with E-state index in [0.717, 1.165) is 18.7 Å². The number of hydrogen-bond acceptors (Lipinski definition) is 3. The molecule has 1 aromatic rings. The summed E-state index contributed by atoms with van der Waals surface area (Å²) in [5.74, 6) is -2.60. The first-order chi connectivity index (χ1) is 8.95. The zero-order valence-corrected chi connectivity index (χ0v) is 11.1. The molecule has 2 N–H and O–H groups in total. The molecule has 0 radical (unpaired) electrons. The Morgan fingerprint density at radius 1 is 1.58 bits per heavy atom. The number of aromatic nitrogens is 1. The second-order valence-electron chi connectivity index (χ2n) is 4.00. The van der Waals surface area contributed by atoms with Gasteiger partial charge in [0.2, 0.25) is 0 Å². The molecule has 5 nitrogen and oxygen atoms in total. The topological polar surface area (TPSA) is 79.3 Å². The summed E-state index contributed by atoms with van der Waals surface area (Å²) in [6.07, 6.45) is 2.65. The quantitative estimate of drug-likeness (QED) is 0.787. The van der Waals surface area contributed by atoms with Crippen LogP contribution < -0.4 is 5.32 Å². The van der Waals surface area contributed by atoms with Gasteiger partial charge in [-0.05, 0) is 12.5 Å². The van der Waals surface area contributed by atoms with Crippen molar-refractivity contribution in [2.75, 3.05) is 0 Å². The first-order valence-corrected chi connectivity index (χ1v) is 6.18. The first-order valence-electron chi connectivity index (χ1n) is 5.80. The summed E-state index contributed by atoms with van der Waals surface area (Å²) >= 11 is 5.67. The van der Waals surface area contributed by atoms with Gasteiger partial charge >= 0.3 is 5.97 Å². The van der Waals surface area contributed by atoms with Gasteiger partial charge in [0, 0.05) is 0 Å². The SMILES string of the molecule is CCCCC(NC(=O)c1cc(F)cnc1Cl)C(=O)O. The second-order valence-corrected chi connectivity index (χ2v) is 4.36. The summed E-state index contributed by atoms with van der Waals surface area (Å²) in [6.45, 7) is 1.91. The summed E-state index contributed by atoms with van der Waals surface area (Å²) in [6, 6.07) is -0.101. The lowest BCUT2D eigenvalue weighted by molar-refractivity contribution is -0.139. The summed E-state index contributed by atoms with van der Waals surface area (Å²) in [4.78, 5) is 26.3. The highest BCUT2D eigenvalue weighted by atomic mass is 35.5. The van der Waals surface area contributed by atoms with E-state index in [4.69, 9.17) is 16.7 Å². The molecule has 1 atom stereocenters. The number of nitrogens with zero attached hydrogens (tertiary/aromatic N) is 1. The number of carbonyl (C=O) groups excluding carboxylic acids is 1. The highest BCUT2D eigenvalue weighted by Crippen LogP contribution is 2.14. The van der Waals surface area contributed by atoms with E-state index in [1.807, 2.05) is 6.92 Å². The molecule has 1 rings (SSSR count). The van der Waals surface area contributed by atoms with Gasteiger partial charge in [0.25, 0.3) is 5.91 Å². The maximum Gasteiger partial charge on any atom is 0.326 e. The fourth-order valence-corrected chi connectivity index (χ4v) is 1.67. The van der Waals surface area contributed by atoms with Crippen molar-refractivity contribution in [3.05, 3.63) is 28.8 Å². The molecule has 0 aliphatic rings. The van der Waals surface area contributed by atoms with Crippen LogP contribution in [0.2, 0.25) is 5.15 Å². The Balaban J connectivity index is 2.81. The number of aliphatic carboxylic acids is 1. The summed E-state index contributed by atoms with van der Waals surface area (Å²) in [5.41, 5.74) is -0.176. The van der Waals surface area contributed by atoms with Crippen molar-refractivity contribution < 1.29 is 19.1 Å². The Bertz CT molecular complexity index is 482. The van der Waals surface area contributed by atoms with Gasteiger partial charge in [-0.1, -0.05) is 31.4 Å². The molecule has 0 saturated carbocycles. The van der Waals surface area contributed by atoms with E-state index in [1.165, 1.54) is 0 Å². The summed E-state index contributed by atoms with van der Waals surface area (Å²) in [5, 5.41) is 11.1. The molecule has 0 saturated heterocycles. The molecule has 0 bridgehead atoms. The maximum absolute atomic E-state index is 13.0. The van der Waals surface area contributed by atoms with E-state index in [-0.39, 0.29) is 10.7 Å². The molecular weight excluding hydrogens is 275 g/mol. The molecule has 104 valence electrons. The maximum atomic E-state index is 13.0. The molecule has 0 spiro atoms. The minimum absolute atomic E-state index is 0.168. The Morgan fingerprint density at radius 2 is 2.26 bits per heavy atom. The van der Waals surface area contributed by atoms with Crippen molar-refractivity contribution in [2.24, 2.45) is 0 Å². The van der Waals surface area contributed by atoms with Crippen LogP contribution in [0, 0.1) is 5.82 Å². The Hall–Kier alpha value is -1.69. The van der Waals surface area contributed by atoms with Crippen LogP contribution in [-0.2, 0) is 4.79 Å². The van der Waals surface area contributed by atoms with Gasteiger partial charge in [-0.15, -0.1) is 0 Å². The second kappa shape index (κ2) is 7.04. The summed E-state index contributed by atoms with van der Waals surface area (Å²) in [7, 11) is 0. The van der Waals surface area contributed by atoms with Crippen molar-refractivity contribution >= 4 is 23.5 Å². The van der Waals surface area contributed by atoms with E-state index < -0.39 is 23.7 Å². The van der Waals surface area contributed by atoms with Crippen LogP contribution in [0.3, 0.4) is 0 Å². The van der Waals surface area contributed by atoms with Crippen LogP contribution in [0.4, 0.5) is 4.39 Å². The van der Waals surface area contributed by atoms with Crippen LogP contribution in [0.25, 0.3) is 0 Å². The molecular formula is C12H14ClFN2O3. The Labute approximate surface area is 114 Å². The molecule has 0 fully saturated rings. The van der Waals surface area contributed by atoms with Gasteiger partial charge in [0.15, 0.2) is 0 Å². The number of halogens is 2. The highest BCUT2D eigenvalue weighted by molar-refractivity contribution is 6.32. The van der Waals surface area contributed by atoms with Crippen LogP contribution in [-0.4, -0.2) is 28.0 Å². The molecule has 1 aromatic heterocycles. The van der Waals surface area contributed by atoms with Crippen molar-refractivity contribution in [1.82, 2.24) is 10.3 Å². The smallest absolute Gasteiger partial charge is 0.326 e. The number of carbonyl (C=O) groups is 2. The molecule has 0 aromatic carbocycles. The molecule has 1 unspecified atom stereocenters. The number of unbranched alkanes of at least 4 members (excludes halogenated alkanes) is 1. The third-order valence-electron chi connectivity index (χ3n) is 2.50. The van der Waals surface area contributed by atoms with Crippen molar-refractivity contribution in [3.8, 4) is 0 Å². The van der Waals surface area contributed by atoms with Gasteiger partial charge < -0.3 is 10.4 Å². The van der Waals surface area contributed by atoms with Gasteiger partial charge in [-0.3, -0.25) is 4.79 Å². The Kier molecular flexibility index (Phi) is 5.69. The van der Waals surface area contributed by atoms with Crippen molar-refractivity contribution in [3.63, 3.8) is 0 Å². The average Bonchev–Trinajstić information content (AvgIpc) is 2.36.